The summed E-state index contributed by atoms with van der Waals surface area (Å²) in [5, 5.41) is 12.7. The lowest BCUT2D eigenvalue weighted by Crippen LogP contribution is -2.49. The Morgan fingerprint density at radius 2 is 1.76 bits per heavy atom. The van der Waals surface area contributed by atoms with Crippen molar-refractivity contribution in [2.75, 3.05) is 71.0 Å². The Hall–Kier alpha value is -3.71. The molecular formula is C24H34N6O7. The molecule has 0 bridgehead atoms. The minimum absolute atomic E-state index is 0.152. The number of anilines is 1. The smallest absolute Gasteiger partial charge is 0.414 e. The van der Waals surface area contributed by atoms with Crippen LogP contribution in [0.3, 0.4) is 0 Å². The van der Waals surface area contributed by atoms with Crippen molar-refractivity contribution in [3.63, 3.8) is 0 Å². The molecule has 2 heterocycles. The summed E-state index contributed by atoms with van der Waals surface area (Å²) < 4.78 is 15.0. The Labute approximate surface area is 215 Å². The van der Waals surface area contributed by atoms with Gasteiger partial charge in [-0.2, -0.15) is 0 Å². The number of nitrogens with zero attached hydrogens (tertiary/aromatic N) is 3. The van der Waals surface area contributed by atoms with E-state index in [0.29, 0.717) is 37.3 Å². The predicted octanol–water partition coefficient (Wildman–Crippen LogP) is 0.380. The van der Waals surface area contributed by atoms with E-state index in [9.17, 15) is 19.2 Å². The lowest BCUT2D eigenvalue weighted by Gasteiger charge is -2.35. The number of nitrogens with one attached hydrogen (secondary N) is 3. The Balaban J connectivity index is 1.43. The normalized spacial score (nSPS) is 18.2. The molecule has 1 aromatic rings. The maximum absolute atomic E-state index is 12.5. The van der Waals surface area contributed by atoms with Crippen molar-refractivity contribution >= 4 is 35.6 Å². The molecule has 202 valence electrons. The first kappa shape index (κ1) is 27.9. The number of amidine groups is 1. The quantitative estimate of drug-likeness (QED) is 0.173. The number of rotatable bonds is 10. The van der Waals surface area contributed by atoms with Gasteiger partial charge in [0.15, 0.2) is 0 Å². The van der Waals surface area contributed by atoms with E-state index in [4.69, 9.17) is 19.6 Å². The fourth-order valence-corrected chi connectivity index (χ4v) is 4.06. The Morgan fingerprint density at radius 1 is 1.08 bits per heavy atom. The highest BCUT2D eigenvalue weighted by Crippen LogP contribution is 2.23. The van der Waals surface area contributed by atoms with E-state index >= 15 is 0 Å². The number of carbonyl (C=O) groups excluding carboxylic acids is 4. The predicted molar refractivity (Wildman–Crippen MR) is 134 cm³/mol. The van der Waals surface area contributed by atoms with Gasteiger partial charge in [-0.1, -0.05) is 0 Å². The number of hydrogen-bond donors (Lipinski definition) is 3. The molecule has 2 aliphatic heterocycles. The summed E-state index contributed by atoms with van der Waals surface area (Å²) in [5.41, 5.74) is 1.06. The lowest BCUT2D eigenvalue weighted by molar-refractivity contribution is -0.142. The van der Waals surface area contributed by atoms with E-state index < -0.39 is 18.1 Å². The first-order chi connectivity index (χ1) is 17.8. The summed E-state index contributed by atoms with van der Waals surface area (Å²) in [5.74, 6) is -0.930. The molecule has 3 N–H and O–H groups in total. The van der Waals surface area contributed by atoms with E-state index in [1.807, 2.05) is 0 Å². The topological polar surface area (TPSA) is 154 Å². The molecule has 13 nitrogen and oxygen atoms in total. The van der Waals surface area contributed by atoms with Gasteiger partial charge in [0.05, 0.1) is 26.7 Å². The summed E-state index contributed by atoms with van der Waals surface area (Å²) in [6.45, 7) is 6.62. The Kier molecular flexibility index (Phi) is 10.2. The van der Waals surface area contributed by atoms with Crippen LogP contribution in [0.2, 0.25) is 0 Å². The Bertz CT molecular complexity index is 978. The highest BCUT2D eigenvalue weighted by molar-refractivity contribution is 6.06. The molecule has 13 heteroatoms. The maximum atomic E-state index is 12.5. The molecule has 3 rings (SSSR count). The van der Waals surface area contributed by atoms with Crippen LogP contribution in [0.4, 0.5) is 15.3 Å². The van der Waals surface area contributed by atoms with Gasteiger partial charge in [-0.15, -0.1) is 0 Å². The summed E-state index contributed by atoms with van der Waals surface area (Å²) in [7, 11) is 1.39. The maximum Gasteiger partial charge on any atom is 0.414 e. The first-order valence-electron chi connectivity index (χ1n) is 12.2. The number of ether oxygens (including phenoxy) is 3. The third kappa shape index (κ3) is 8.43. The molecule has 0 aromatic heterocycles. The van der Waals surface area contributed by atoms with Crippen LogP contribution in [0.5, 0.6) is 0 Å². The van der Waals surface area contributed by atoms with Crippen LogP contribution in [0.15, 0.2) is 24.3 Å². The number of cyclic esters (lactones) is 1. The van der Waals surface area contributed by atoms with Gasteiger partial charge in [-0.25, -0.2) is 9.59 Å². The molecule has 37 heavy (non-hydrogen) atoms. The number of carbonyl (C=O) groups is 4. The minimum atomic E-state index is -0.697. The van der Waals surface area contributed by atoms with Crippen LogP contribution in [0, 0.1) is 5.41 Å². The average molecular weight is 519 g/mol. The highest BCUT2D eigenvalue weighted by atomic mass is 16.6. The molecule has 1 atom stereocenters. The number of urea groups is 1. The number of piperazine rings is 1. The van der Waals surface area contributed by atoms with E-state index in [0.717, 1.165) is 26.2 Å². The monoisotopic (exact) mass is 518 g/mol. The summed E-state index contributed by atoms with van der Waals surface area (Å²) in [4.78, 5) is 53.0. The van der Waals surface area contributed by atoms with Gasteiger partial charge in [0.25, 0.3) is 0 Å². The molecule has 0 radical (unpaired) electrons. The fourth-order valence-electron chi connectivity index (χ4n) is 4.06. The molecule has 2 aliphatic rings. The largest absolute Gasteiger partial charge is 0.469 e. The molecule has 0 saturated carbocycles. The number of methoxy groups -OCH3 is 1. The van der Waals surface area contributed by atoms with Crippen LogP contribution in [-0.2, 0) is 23.8 Å². The molecule has 0 spiro atoms. The second-order valence-corrected chi connectivity index (χ2v) is 8.62. The fraction of sp³-hybridized carbons (Fsp3) is 0.542. The van der Waals surface area contributed by atoms with Gasteiger partial charge in [0.1, 0.15) is 18.5 Å². The third-order valence-electron chi connectivity index (χ3n) is 6.07. The second kappa shape index (κ2) is 13.6. The van der Waals surface area contributed by atoms with Gasteiger partial charge in [-0.3, -0.25) is 30.1 Å². The molecule has 3 amide bonds. The van der Waals surface area contributed by atoms with E-state index in [2.05, 4.69) is 20.4 Å². The number of amides is 3. The second-order valence-electron chi connectivity index (χ2n) is 8.62. The van der Waals surface area contributed by atoms with E-state index in [1.54, 1.807) is 36.1 Å². The molecule has 2 saturated heterocycles. The number of benzene rings is 1. The van der Waals surface area contributed by atoms with Crippen molar-refractivity contribution in [1.82, 2.24) is 20.4 Å². The van der Waals surface area contributed by atoms with Crippen LogP contribution in [0.1, 0.15) is 18.9 Å². The van der Waals surface area contributed by atoms with Gasteiger partial charge < -0.3 is 24.4 Å². The molecule has 1 unspecified atom stereocenters. The minimum Gasteiger partial charge on any atom is -0.469 e. The van der Waals surface area contributed by atoms with Crippen molar-refractivity contribution in [3.8, 4) is 0 Å². The highest BCUT2D eigenvalue weighted by Gasteiger charge is 2.34. The number of esters is 2. The molecule has 0 aliphatic carbocycles. The van der Waals surface area contributed by atoms with Crippen molar-refractivity contribution in [2.24, 2.45) is 0 Å². The van der Waals surface area contributed by atoms with Crippen LogP contribution >= 0.6 is 0 Å². The van der Waals surface area contributed by atoms with Crippen LogP contribution in [-0.4, -0.2) is 112 Å². The zero-order valence-electron chi connectivity index (χ0n) is 21.2. The summed E-state index contributed by atoms with van der Waals surface area (Å²) in [6, 6.07) is 5.92. The van der Waals surface area contributed by atoms with Gasteiger partial charge >= 0.3 is 24.1 Å². The first-order valence-corrected chi connectivity index (χ1v) is 12.2. The number of hydrogen-bond acceptors (Lipinski definition) is 10. The van der Waals surface area contributed by atoms with Crippen molar-refractivity contribution in [2.45, 2.75) is 19.4 Å². The van der Waals surface area contributed by atoms with Crippen molar-refractivity contribution in [1.29, 1.82) is 5.41 Å². The van der Waals surface area contributed by atoms with Gasteiger partial charge in [-0.05, 0) is 31.2 Å². The molecule has 2 fully saturated rings. The molecular weight excluding hydrogens is 484 g/mol. The lowest BCUT2D eigenvalue weighted by atomic mass is 10.1. The van der Waals surface area contributed by atoms with E-state index in [1.165, 1.54) is 7.11 Å². The van der Waals surface area contributed by atoms with Crippen molar-refractivity contribution < 1.29 is 33.4 Å². The van der Waals surface area contributed by atoms with Gasteiger partial charge in [0, 0.05) is 50.5 Å². The standard InChI is InChI=1S/C24H34N6O7/c1-3-36-21(32)14-26-23(33)27-22(25)17-4-6-18(7-5-17)30-16-19(37-24(30)34)15-29-12-10-28(11-13-29)9-8-20(31)35-2/h4-7,19H,3,8-16H2,1-2H3,(H3,25,26,27,33). The van der Waals surface area contributed by atoms with Crippen molar-refractivity contribution in [3.05, 3.63) is 29.8 Å². The summed E-state index contributed by atoms with van der Waals surface area (Å²) in [6.07, 6.45) is -0.319. The van der Waals surface area contributed by atoms with Crippen LogP contribution in [0.25, 0.3) is 0 Å². The molecule has 1 aromatic carbocycles. The average Bonchev–Trinajstić information content (AvgIpc) is 3.26. The SMILES string of the molecule is CCOC(=O)CNC(=O)NC(=N)c1ccc(N2CC(CN3CCN(CCC(=O)OC)CC3)OC2=O)cc1. The van der Waals surface area contributed by atoms with Crippen LogP contribution < -0.4 is 15.5 Å². The summed E-state index contributed by atoms with van der Waals surface area (Å²) >= 11 is 0. The zero-order valence-corrected chi connectivity index (χ0v) is 21.2. The zero-order chi connectivity index (χ0) is 26.8. The van der Waals surface area contributed by atoms with E-state index in [-0.39, 0.29) is 31.1 Å². The Morgan fingerprint density at radius 3 is 2.41 bits per heavy atom. The third-order valence-corrected chi connectivity index (χ3v) is 6.07. The van der Waals surface area contributed by atoms with Gasteiger partial charge in [0.2, 0.25) is 0 Å².